The van der Waals surface area contributed by atoms with Crippen LogP contribution in [0.4, 0.5) is 0 Å². The van der Waals surface area contributed by atoms with E-state index < -0.39 is 5.79 Å². The standard InChI is InChI=1S/C15H15N3O3/c19-12(10-6-7-10)13-16-14-15(20,21)8-11(18(14)17-13)9-4-2-1-3-5-9/h1-5,10-11,20-21H,6-8H2. The first-order valence-corrected chi connectivity index (χ1v) is 7.07. The summed E-state index contributed by atoms with van der Waals surface area (Å²) in [7, 11) is 0. The summed E-state index contributed by atoms with van der Waals surface area (Å²) in [5.41, 5.74) is 0.916. The van der Waals surface area contributed by atoms with E-state index in [1.165, 1.54) is 4.68 Å². The van der Waals surface area contributed by atoms with Crippen molar-refractivity contribution in [1.82, 2.24) is 14.8 Å². The van der Waals surface area contributed by atoms with Gasteiger partial charge in [-0.2, -0.15) is 0 Å². The average molecular weight is 285 g/mol. The molecule has 0 radical (unpaired) electrons. The zero-order chi connectivity index (χ0) is 14.6. The van der Waals surface area contributed by atoms with E-state index in [-0.39, 0.29) is 35.8 Å². The molecule has 0 amide bonds. The second-order valence-electron chi connectivity index (χ2n) is 5.79. The number of ketones is 1. The Bertz CT molecular complexity index is 704. The molecule has 0 bridgehead atoms. The number of fused-ring (bicyclic) bond motifs is 1. The van der Waals surface area contributed by atoms with Gasteiger partial charge in [0.2, 0.25) is 17.4 Å². The van der Waals surface area contributed by atoms with Gasteiger partial charge in [0.1, 0.15) is 0 Å². The van der Waals surface area contributed by atoms with Gasteiger partial charge >= 0.3 is 0 Å². The van der Waals surface area contributed by atoms with Gasteiger partial charge in [0.15, 0.2) is 5.82 Å². The van der Waals surface area contributed by atoms with Crippen LogP contribution >= 0.6 is 0 Å². The highest BCUT2D eigenvalue weighted by atomic mass is 16.5. The minimum absolute atomic E-state index is 0.00934. The maximum absolute atomic E-state index is 12.1. The summed E-state index contributed by atoms with van der Waals surface area (Å²) < 4.78 is 1.48. The number of benzene rings is 1. The fourth-order valence-corrected chi connectivity index (χ4v) is 2.83. The molecule has 1 aliphatic carbocycles. The molecule has 2 N–H and O–H groups in total. The van der Waals surface area contributed by atoms with Gasteiger partial charge in [-0.1, -0.05) is 30.3 Å². The Labute approximate surface area is 121 Å². The zero-order valence-electron chi connectivity index (χ0n) is 11.3. The lowest BCUT2D eigenvalue weighted by atomic mass is 10.0. The normalized spacial score (nSPS) is 23.0. The van der Waals surface area contributed by atoms with Gasteiger partial charge in [-0.15, -0.1) is 5.10 Å². The Morgan fingerprint density at radius 2 is 1.95 bits per heavy atom. The predicted octanol–water partition coefficient (Wildman–Crippen LogP) is 1.00. The quantitative estimate of drug-likeness (QED) is 0.649. The van der Waals surface area contributed by atoms with Crippen LogP contribution in [0, 0.1) is 5.92 Å². The number of hydrogen-bond acceptors (Lipinski definition) is 5. The molecule has 1 aliphatic heterocycles. The van der Waals surface area contributed by atoms with Crippen molar-refractivity contribution in [2.75, 3.05) is 0 Å². The molecule has 108 valence electrons. The molecule has 21 heavy (non-hydrogen) atoms. The largest absolute Gasteiger partial charge is 0.359 e. The highest BCUT2D eigenvalue weighted by Gasteiger charge is 2.46. The maximum atomic E-state index is 12.1. The summed E-state index contributed by atoms with van der Waals surface area (Å²) in [5.74, 6) is -1.98. The van der Waals surface area contributed by atoms with Crippen LogP contribution in [0.15, 0.2) is 30.3 Å². The van der Waals surface area contributed by atoms with E-state index >= 15 is 0 Å². The smallest absolute Gasteiger partial charge is 0.227 e. The third-order valence-corrected chi connectivity index (χ3v) is 4.12. The molecular weight excluding hydrogens is 270 g/mol. The summed E-state index contributed by atoms with van der Waals surface area (Å²) in [5, 5.41) is 24.5. The topological polar surface area (TPSA) is 88.2 Å². The second kappa shape index (κ2) is 4.22. The van der Waals surface area contributed by atoms with Gasteiger partial charge in [0, 0.05) is 12.3 Å². The number of hydrogen-bond donors (Lipinski definition) is 2. The van der Waals surface area contributed by atoms with E-state index in [1.54, 1.807) is 0 Å². The van der Waals surface area contributed by atoms with E-state index in [0.717, 1.165) is 18.4 Å². The Hall–Kier alpha value is -2.05. The van der Waals surface area contributed by atoms with E-state index in [1.807, 2.05) is 30.3 Å². The molecule has 1 aromatic carbocycles. The SMILES string of the molecule is O=C(c1nc2n(n1)C(c1ccccc1)CC2(O)O)C1CC1. The predicted molar refractivity (Wildman–Crippen MR) is 72.4 cm³/mol. The molecule has 1 fully saturated rings. The van der Waals surface area contributed by atoms with Crippen LogP contribution in [0.25, 0.3) is 0 Å². The van der Waals surface area contributed by atoms with Crippen LogP contribution in [0.3, 0.4) is 0 Å². The summed E-state index contributed by atoms with van der Waals surface area (Å²) in [6, 6.07) is 9.16. The number of aliphatic hydroxyl groups is 2. The third kappa shape index (κ3) is 1.99. The van der Waals surface area contributed by atoms with Crippen LogP contribution in [0.5, 0.6) is 0 Å². The van der Waals surface area contributed by atoms with Crippen LogP contribution in [0.2, 0.25) is 0 Å². The highest BCUT2D eigenvalue weighted by Crippen LogP contribution is 2.40. The van der Waals surface area contributed by atoms with Crippen molar-refractivity contribution in [1.29, 1.82) is 0 Å². The Morgan fingerprint density at radius 1 is 1.24 bits per heavy atom. The first kappa shape index (κ1) is 12.7. The van der Waals surface area contributed by atoms with Gasteiger partial charge in [-0.05, 0) is 18.4 Å². The summed E-state index contributed by atoms with van der Waals surface area (Å²) in [6.45, 7) is 0. The second-order valence-corrected chi connectivity index (χ2v) is 5.79. The molecule has 6 heteroatoms. The number of Topliss-reactive ketones (excluding diaryl/α,β-unsaturated/α-hetero) is 1. The molecule has 2 aromatic rings. The summed E-state index contributed by atoms with van der Waals surface area (Å²) in [6.07, 6.45) is 1.83. The molecule has 1 unspecified atom stereocenters. The minimum atomic E-state index is -2.05. The molecule has 6 nitrogen and oxygen atoms in total. The van der Waals surface area contributed by atoms with Gasteiger partial charge in [0.05, 0.1) is 6.04 Å². The van der Waals surface area contributed by atoms with Crippen molar-refractivity contribution in [2.24, 2.45) is 5.92 Å². The minimum Gasteiger partial charge on any atom is -0.359 e. The van der Waals surface area contributed by atoms with E-state index in [4.69, 9.17) is 0 Å². The Morgan fingerprint density at radius 3 is 2.62 bits per heavy atom. The van der Waals surface area contributed by atoms with Crippen LogP contribution in [0.1, 0.15) is 47.3 Å². The number of rotatable bonds is 3. The molecule has 1 aromatic heterocycles. The van der Waals surface area contributed by atoms with E-state index in [9.17, 15) is 15.0 Å². The molecular formula is C15H15N3O3. The fraction of sp³-hybridized carbons (Fsp3) is 0.400. The van der Waals surface area contributed by atoms with Crippen LogP contribution < -0.4 is 0 Å². The highest BCUT2D eigenvalue weighted by molar-refractivity contribution is 5.96. The number of carbonyl (C=O) groups excluding carboxylic acids is 1. The third-order valence-electron chi connectivity index (χ3n) is 4.12. The summed E-state index contributed by atoms with van der Waals surface area (Å²) >= 11 is 0. The van der Waals surface area contributed by atoms with Gasteiger partial charge in [-0.25, -0.2) is 9.67 Å². The van der Waals surface area contributed by atoms with Crippen LogP contribution in [-0.2, 0) is 5.79 Å². The van der Waals surface area contributed by atoms with E-state index in [2.05, 4.69) is 10.1 Å². The van der Waals surface area contributed by atoms with Gasteiger partial charge < -0.3 is 10.2 Å². The Kier molecular flexibility index (Phi) is 2.55. The molecule has 1 atom stereocenters. The fourth-order valence-electron chi connectivity index (χ4n) is 2.83. The molecule has 0 spiro atoms. The number of carbonyl (C=O) groups is 1. The zero-order valence-corrected chi connectivity index (χ0v) is 11.3. The first-order chi connectivity index (χ1) is 10.1. The number of aromatic nitrogens is 3. The monoisotopic (exact) mass is 285 g/mol. The van der Waals surface area contributed by atoms with Crippen molar-refractivity contribution in [3.05, 3.63) is 47.5 Å². The van der Waals surface area contributed by atoms with Crippen molar-refractivity contribution >= 4 is 5.78 Å². The van der Waals surface area contributed by atoms with Crippen molar-refractivity contribution in [3.8, 4) is 0 Å². The average Bonchev–Trinajstić information content (AvgIpc) is 3.17. The van der Waals surface area contributed by atoms with E-state index in [0.29, 0.717) is 0 Å². The van der Waals surface area contributed by atoms with Crippen molar-refractivity contribution in [3.63, 3.8) is 0 Å². The maximum Gasteiger partial charge on any atom is 0.227 e. The number of nitrogens with zero attached hydrogens (tertiary/aromatic N) is 3. The molecule has 0 saturated heterocycles. The van der Waals surface area contributed by atoms with Gasteiger partial charge in [0.25, 0.3) is 0 Å². The lowest BCUT2D eigenvalue weighted by Crippen LogP contribution is -2.23. The van der Waals surface area contributed by atoms with Crippen molar-refractivity contribution < 1.29 is 15.0 Å². The van der Waals surface area contributed by atoms with Crippen molar-refractivity contribution in [2.45, 2.75) is 31.1 Å². The summed E-state index contributed by atoms with van der Waals surface area (Å²) in [4.78, 5) is 16.1. The lowest BCUT2D eigenvalue weighted by Gasteiger charge is -2.14. The van der Waals surface area contributed by atoms with Gasteiger partial charge in [-0.3, -0.25) is 4.79 Å². The molecule has 1 saturated carbocycles. The molecule has 4 rings (SSSR count). The Balaban J connectivity index is 1.77. The first-order valence-electron chi connectivity index (χ1n) is 7.07. The molecule has 2 aliphatic rings. The van der Waals surface area contributed by atoms with Crippen LogP contribution in [-0.4, -0.2) is 30.8 Å². The molecule has 2 heterocycles. The lowest BCUT2D eigenvalue weighted by molar-refractivity contribution is -0.171.